The molecule has 0 saturated carbocycles. The molecular weight excluding hydrogens is 376 g/mol. The van der Waals surface area contributed by atoms with E-state index in [0.717, 1.165) is 0 Å². The summed E-state index contributed by atoms with van der Waals surface area (Å²) in [5.41, 5.74) is 12.0. The summed E-state index contributed by atoms with van der Waals surface area (Å²) in [6.45, 7) is 0. The number of aromatic nitrogens is 4. The second kappa shape index (κ2) is 7.94. The van der Waals surface area contributed by atoms with Crippen LogP contribution in [0.25, 0.3) is 11.2 Å². The van der Waals surface area contributed by atoms with Crippen LogP contribution in [-0.4, -0.2) is 77.8 Å². The zero-order chi connectivity index (χ0) is 19.7. The minimum atomic E-state index is -1.28. The van der Waals surface area contributed by atoms with Gasteiger partial charge in [0.1, 0.15) is 41.7 Å². The Balaban J connectivity index is 1.68. The third-order valence-electron chi connectivity index (χ3n) is 4.53. The second-order valence-electron chi connectivity index (χ2n) is 6.50. The van der Waals surface area contributed by atoms with Crippen molar-refractivity contribution in [3.8, 4) is 0 Å². The minimum absolute atomic E-state index is 0.211. The molecule has 148 valence electrons. The highest BCUT2D eigenvalue weighted by molar-refractivity contribution is 7.96. The molecule has 0 radical (unpaired) electrons. The van der Waals surface area contributed by atoms with E-state index >= 15 is 0 Å². The molecule has 6 atom stereocenters. The molecule has 11 nitrogen and oxygen atoms in total. The van der Waals surface area contributed by atoms with Gasteiger partial charge >= 0.3 is 0 Å². The van der Waals surface area contributed by atoms with Crippen LogP contribution in [-0.2, 0) is 20.4 Å². The van der Waals surface area contributed by atoms with E-state index in [1.807, 2.05) is 6.26 Å². The van der Waals surface area contributed by atoms with Crippen LogP contribution in [0.15, 0.2) is 12.7 Å². The van der Waals surface area contributed by atoms with E-state index in [9.17, 15) is 20.1 Å². The molecule has 0 aromatic carbocycles. The number of nitrogens with zero attached hydrogens (tertiary/aromatic N) is 4. The molecule has 1 aliphatic heterocycles. The van der Waals surface area contributed by atoms with Gasteiger partial charge in [0.15, 0.2) is 17.7 Å². The zero-order valence-corrected chi connectivity index (χ0v) is 15.5. The Labute approximate surface area is 157 Å². The topological polar surface area (TPSA) is 185 Å². The van der Waals surface area contributed by atoms with Gasteiger partial charge in [-0.15, -0.1) is 0 Å². The standard InChI is InChI=1S/C15H22N6O5S/c1-27(3-2-7(16)15(24)25)4-8-10(22)11(23)14(26-8)21-6-20-9-12(17)18-5-19-13(9)21/h5-8,10-11,14,22-23H,2-4,16H2,1H3,(H2-,17,18,19,24,25)/t7?,8-,10+,11?,14-,27?/m1/s1. The number of hydrogen-bond acceptors (Lipinski definition) is 10. The molecule has 6 N–H and O–H groups in total. The Morgan fingerprint density at radius 3 is 2.85 bits per heavy atom. The molecule has 0 aliphatic carbocycles. The number of hydrogen-bond donors (Lipinski definition) is 4. The fourth-order valence-corrected chi connectivity index (χ4v) is 4.62. The number of aliphatic hydroxyl groups is 2. The molecule has 1 aliphatic rings. The molecule has 1 fully saturated rings. The molecule has 0 spiro atoms. The van der Waals surface area contributed by atoms with Gasteiger partial charge in [-0.1, -0.05) is 0 Å². The van der Waals surface area contributed by atoms with E-state index in [2.05, 4.69) is 15.0 Å². The predicted molar refractivity (Wildman–Crippen MR) is 96.3 cm³/mol. The third kappa shape index (κ3) is 3.99. The van der Waals surface area contributed by atoms with Crippen LogP contribution in [0, 0.1) is 0 Å². The van der Waals surface area contributed by atoms with Crippen LogP contribution >= 0.6 is 0 Å². The molecule has 12 heteroatoms. The number of nitrogen functional groups attached to an aromatic ring is 1. The van der Waals surface area contributed by atoms with Crippen LogP contribution in [0.4, 0.5) is 5.82 Å². The van der Waals surface area contributed by atoms with Crippen LogP contribution in [0.2, 0.25) is 0 Å². The van der Waals surface area contributed by atoms with E-state index < -0.39 is 36.6 Å². The lowest BCUT2D eigenvalue weighted by molar-refractivity contribution is -0.307. The summed E-state index contributed by atoms with van der Waals surface area (Å²) in [6.07, 6.45) is 1.17. The SMILES string of the molecule is C[S+](CCC(N)C(=O)[O-])C[C@H]1O[C@@H](n2cnc3c(N)ncnc32)C(O)[C@H]1O. The number of aliphatic hydroxyl groups excluding tert-OH is 2. The van der Waals surface area contributed by atoms with Gasteiger partial charge < -0.3 is 36.3 Å². The van der Waals surface area contributed by atoms with Crippen molar-refractivity contribution in [2.24, 2.45) is 5.73 Å². The van der Waals surface area contributed by atoms with Crippen LogP contribution < -0.4 is 16.6 Å². The van der Waals surface area contributed by atoms with E-state index in [4.69, 9.17) is 16.2 Å². The number of rotatable bonds is 7. The second-order valence-corrected chi connectivity index (χ2v) is 8.80. The number of ether oxygens (including phenoxy) is 1. The Morgan fingerprint density at radius 1 is 1.41 bits per heavy atom. The molecule has 27 heavy (non-hydrogen) atoms. The average Bonchev–Trinajstić information content (AvgIpc) is 3.17. The van der Waals surface area contributed by atoms with E-state index in [0.29, 0.717) is 22.7 Å². The summed E-state index contributed by atoms with van der Waals surface area (Å²) < 4.78 is 7.39. The van der Waals surface area contributed by atoms with Crippen LogP contribution in [0.3, 0.4) is 0 Å². The summed E-state index contributed by atoms with van der Waals surface area (Å²) in [4.78, 5) is 22.8. The van der Waals surface area contributed by atoms with Gasteiger partial charge in [-0.05, 0) is 10.9 Å². The molecule has 2 aromatic heterocycles. The molecule has 3 heterocycles. The minimum Gasteiger partial charge on any atom is -0.548 e. The quantitative estimate of drug-likeness (QED) is 0.345. The maximum absolute atomic E-state index is 10.7. The molecule has 3 rings (SSSR count). The Morgan fingerprint density at radius 2 is 2.15 bits per heavy atom. The normalized spacial score (nSPS) is 27.7. The molecule has 2 aromatic rings. The first kappa shape index (κ1) is 19.8. The lowest BCUT2D eigenvalue weighted by atomic mass is 10.1. The average molecular weight is 398 g/mol. The van der Waals surface area contributed by atoms with E-state index in [-0.39, 0.29) is 23.1 Å². The summed E-state index contributed by atoms with van der Waals surface area (Å²) in [6, 6.07) is -1.02. The highest BCUT2D eigenvalue weighted by Crippen LogP contribution is 2.32. The van der Waals surface area contributed by atoms with Crippen molar-refractivity contribution in [1.82, 2.24) is 19.5 Å². The number of carboxylic acids is 1. The van der Waals surface area contributed by atoms with Gasteiger partial charge in [0.25, 0.3) is 0 Å². The first-order chi connectivity index (χ1) is 12.8. The van der Waals surface area contributed by atoms with Crippen molar-refractivity contribution in [3.05, 3.63) is 12.7 Å². The Hall–Kier alpha value is -1.99. The highest BCUT2D eigenvalue weighted by Gasteiger charge is 2.46. The number of imidazole rings is 1. The number of fused-ring (bicyclic) bond motifs is 1. The lowest BCUT2D eigenvalue weighted by Gasteiger charge is -2.16. The molecule has 1 saturated heterocycles. The van der Waals surface area contributed by atoms with Gasteiger partial charge in [0, 0.05) is 12.5 Å². The van der Waals surface area contributed by atoms with Crippen molar-refractivity contribution in [1.29, 1.82) is 0 Å². The summed E-state index contributed by atoms with van der Waals surface area (Å²) in [5.74, 6) is -0.0611. The van der Waals surface area contributed by atoms with E-state index in [1.165, 1.54) is 17.2 Å². The smallest absolute Gasteiger partial charge is 0.167 e. The number of carboxylic acid groups (broad SMARTS) is 1. The Kier molecular flexibility index (Phi) is 5.81. The fourth-order valence-electron chi connectivity index (χ4n) is 2.96. The molecule has 3 unspecified atom stereocenters. The first-order valence-corrected chi connectivity index (χ1v) is 10.3. The largest absolute Gasteiger partial charge is 0.548 e. The van der Waals surface area contributed by atoms with E-state index in [1.54, 1.807) is 0 Å². The number of aliphatic carboxylic acids is 1. The monoisotopic (exact) mass is 398 g/mol. The zero-order valence-electron chi connectivity index (χ0n) is 14.6. The summed E-state index contributed by atoms with van der Waals surface area (Å²) in [7, 11) is -0.263. The molecule has 0 amide bonds. The van der Waals surface area contributed by atoms with Crippen molar-refractivity contribution >= 4 is 33.8 Å². The highest BCUT2D eigenvalue weighted by atomic mass is 32.2. The van der Waals surface area contributed by atoms with Gasteiger partial charge in [-0.3, -0.25) is 4.57 Å². The first-order valence-electron chi connectivity index (χ1n) is 8.29. The van der Waals surface area contributed by atoms with Gasteiger partial charge in [-0.2, -0.15) is 0 Å². The number of carbonyl (C=O) groups is 1. The number of nitrogens with two attached hydrogens (primary N) is 2. The van der Waals surface area contributed by atoms with Crippen molar-refractivity contribution in [3.63, 3.8) is 0 Å². The maximum Gasteiger partial charge on any atom is 0.167 e. The van der Waals surface area contributed by atoms with Gasteiger partial charge in [0.05, 0.1) is 18.6 Å². The summed E-state index contributed by atoms with van der Waals surface area (Å²) >= 11 is 0. The van der Waals surface area contributed by atoms with Crippen molar-refractivity contribution in [2.45, 2.75) is 37.0 Å². The fraction of sp³-hybridized carbons (Fsp3) is 0.600. The van der Waals surface area contributed by atoms with Crippen LogP contribution in [0.1, 0.15) is 12.6 Å². The van der Waals surface area contributed by atoms with Crippen molar-refractivity contribution < 1.29 is 24.9 Å². The molecule has 0 bridgehead atoms. The van der Waals surface area contributed by atoms with Crippen LogP contribution in [0.5, 0.6) is 0 Å². The predicted octanol–water partition coefficient (Wildman–Crippen LogP) is -3.26. The third-order valence-corrected chi connectivity index (χ3v) is 6.36. The summed E-state index contributed by atoms with van der Waals surface area (Å²) in [5, 5.41) is 31.5. The van der Waals surface area contributed by atoms with Gasteiger partial charge in [-0.25, -0.2) is 15.0 Å². The number of carbonyl (C=O) groups excluding carboxylic acids is 1. The Bertz CT molecular complexity index is 819. The molecular formula is C15H22N6O5S. The lowest BCUT2D eigenvalue weighted by Crippen LogP contribution is -2.43. The number of anilines is 1. The maximum atomic E-state index is 10.7. The van der Waals surface area contributed by atoms with Gasteiger partial charge in [0.2, 0.25) is 0 Å². The van der Waals surface area contributed by atoms with Crippen molar-refractivity contribution in [2.75, 3.05) is 23.5 Å².